The fourth-order valence-corrected chi connectivity index (χ4v) is 6.90. The molecular weight excluding hydrogens is 580 g/mol. The molecule has 3 atom stereocenters. The smallest absolute Gasteiger partial charge is 0.411 e. The summed E-state index contributed by atoms with van der Waals surface area (Å²) < 4.78 is 39.2. The van der Waals surface area contributed by atoms with E-state index in [1.54, 1.807) is 23.8 Å². The van der Waals surface area contributed by atoms with Crippen LogP contribution < -0.4 is 10.1 Å². The van der Waals surface area contributed by atoms with Gasteiger partial charge in [-0.2, -0.15) is 4.31 Å². The quantitative estimate of drug-likeness (QED) is 0.282. The number of ether oxygens (including phenoxy) is 2. The van der Waals surface area contributed by atoms with Crippen molar-refractivity contribution in [3.63, 3.8) is 0 Å². The summed E-state index contributed by atoms with van der Waals surface area (Å²) in [6.45, 7) is 3.97. The fraction of sp³-hybridized carbons (Fsp3) is 0.414. The highest BCUT2D eigenvalue weighted by atomic mass is 32.2. The molecule has 1 aliphatic heterocycles. The molecule has 0 saturated carbocycles. The topological polar surface area (TPSA) is 138 Å². The zero-order chi connectivity index (χ0) is 30.3. The van der Waals surface area contributed by atoms with E-state index in [-0.39, 0.29) is 43.4 Å². The largest absolute Gasteiger partial charge is 0.497 e. The van der Waals surface area contributed by atoms with Crippen LogP contribution in [0, 0.1) is 5.92 Å². The van der Waals surface area contributed by atoms with Crippen molar-refractivity contribution in [1.29, 1.82) is 0 Å². The van der Waals surface area contributed by atoms with Crippen molar-refractivity contribution in [3.05, 3.63) is 76.7 Å². The van der Waals surface area contributed by atoms with Crippen LogP contribution in [0.25, 0.3) is 0 Å². The van der Waals surface area contributed by atoms with E-state index in [4.69, 9.17) is 9.47 Å². The monoisotopic (exact) mass is 616 g/mol. The second kappa shape index (κ2) is 14.1. The van der Waals surface area contributed by atoms with Gasteiger partial charge in [-0.3, -0.25) is 14.7 Å². The summed E-state index contributed by atoms with van der Waals surface area (Å²) in [5, 5.41) is 14.3. The van der Waals surface area contributed by atoms with Crippen LogP contribution >= 0.6 is 11.3 Å². The number of amides is 2. The van der Waals surface area contributed by atoms with Gasteiger partial charge in [0.2, 0.25) is 10.0 Å². The van der Waals surface area contributed by atoms with E-state index < -0.39 is 40.3 Å². The Bertz CT molecular complexity index is 1440. The first-order valence-electron chi connectivity index (χ1n) is 13.6. The minimum absolute atomic E-state index is 0.0391. The number of thiazole rings is 1. The summed E-state index contributed by atoms with van der Waals surface area (Å²) in [6, 6.07) is 14.5. The summed E-state index contributed by atoms with van der Waals surface area (Å²) in [4.78, 5) is 32.1. The number of aliphatic hydroxyl groups is 1. The molecule has 1 aromatic heterocycles. The molecule has 3 aromatic rings. The Morgan fingerprint density at radius 1 is 1.21 bits per heavy atom. The number of aliphatic hydroxyl groups excluding tert-OH is 1. The van der Waals surface area contributed by atoms with Crippen molar-refractivity contribution in [2.75, 3.05) is 26.7 Å². The minimum Gasteiger partial charge on any atom is -0.497 e. The van der Waals surface area contributed by atoms with Gasteiger partial charge < -0.3 is 19.9 Å². The van der Waals surface area contributed by atoms with Crippen molar-refractivity contribution in [1.82, 2.24) is 19.5 Å². The van der Waals surface area contributed by atoms with Crippen LogP contribution in [0.2, 0.25) is 0 Å². The molecule has 2 heterocycles. The average molecular weight is 617 g/mol. The third-order valence-corrected chi connectivity index (χ3v) is 9.33. The van der Waals surface area contributed by atoms with Gasteiger partial charge in [-0.25, -0.2) is 13.2 Å². The molecule has 2 N–H and O–H groups in total. The van der Waals surface area contributed by atoms with E-state index in [2.05, 4.69) is 10.3 Å². The first-order chi connectivity index (χ1) is 20.1. The number of cyclic esters (lactones) is 1. The van der Waals surface area contributed by atoms with Gasteiger partial charge in [0.1, 0.15) is 5.75 Å². The number of carbonyl (C=O) groups is 2. The predicted molar refractivity (Wildman–Crippen MR) is 157 cm³/mol. The normalized spacial score (nSPS) is 16.9. The van der Waals surface area contributed by atoms with E-state index in [0.717, 1.165) is 10.4 Å². The summed E-state index contributed by atoms with van der Waals surface area (Å²) in [5.41, 5.74) is 2.50. The van der Waals surface area contributed by atoms with E-state index in [1.807, 2.05) is 44.2 Å². The number of nitrogens with zero attached hydrogens (tertiary/aromatic N) is 3. The minimum atomic E-state index is -4.01. The van der Waals surface area contributed by atoms with Crippen LogP contribution in [-0.4, -0.2) is 84.7 Å². The summed E-state index contributed by atoms with van der Waals surface area (Å²) in [6.07, 6.45) is -1.09. The lowest BCUT2D eigenvalue weighted by atomic mass is 10.0. The zero-order valence-corrected chi connectivity index (χ0v) is 25.4. The highest BCUT2D eigenvalue weighted by Crippen LogP contribution is 2.23. The van der Waals surface area contributed by atoms with Gasteiger partial charge in [-0.05, 0) is 30.0 Å². The van der Waals surface area contributed by atoms with Crippen molar-refractivity contribution >= 4 is 33.4 Å². The molecule has 1 saturated heterocycles. The second-order valence-corrected chi connectivity index (χ2v) is 13.4. The molecule has 2 aromatic carbocycles. The summed E-state index contributed by atoms with van der Waals surface area (Å²) in [5.74, 6) is -0.214. The van der Waals surface area contributed by atoms with Crippen LogP contribution in [0.4, 0.5) is 4.79 Å². The number of methoxy groups -OCH3 is 1. The van der Waals surface area contributed by atoms with E-state index >= 15 is 0 Å². The molecule has 1 fully saturated rings. The SMILES string of the molecule is COc1cccc(S(=O)(=O)N(CC(C)C)C[C@@H](O)[C@H](Cc2ccccc2)NC(=O)[C@@H]2CN(Cc3cncs3)C(=O)O2)c1. The maximum absolute atomic E-state index is 13.7. The van der Waals surface area contributed by atoms with E-state index in [9.17, 15) is 23.1 Å². The zero-order valence-electron chi connectivity index (χ0n) is 23.8. The molecule has 0 bridgehead atoms. The maximum Gasteiger partial charge on any atom is 0.411 e. The van der Waals surface area contributed by atoms with Gasteiger partial charge in [-0.15, -0.1) is 11.3 Å². The number of hydrogen-bond acceptors (Lipinski definition) is 9. The molecule has 1 aliphatic rings. The molecule has 0 spiro atoms. The Labute approximate surface area is 250 Å². The standard InChI is InChI=1S/C29H36N4O7S2/c1-20(2)15-33(42(37,38)24-11-7-10-22(13-24)39-3)17-26(34)25(12-21-8-5-4-6-9-21)31-28(35)27-18-32(29(36)40-27)16-23-14-30-19-41-23/h4-11,13-14,19-20,25-27,34H,12,15-18H2,1-3H3,(H,31,35)/t25-,26+,27-/m0/s1. The Morgan fingerprint density at radius 2 is 1.98 bits per heavy atom. The van der Waals surface area contributed by atoms with Crippen LogP contribution in [0.15, 0.2) is 71.2 Å². The molecule has 4 rings (SSSR count). The Hall–Kier alpha value is -3.52. The second-order valence-electron chi connectivity index (χ2n) is 10.5. The van der Waals surface area contributed by atoms with Crippen molar-refractivity contribution in [2.24, 2.45) is 5.92 Å². The average Bonchev–Trinajstić information content (AvgIpc) is 3.62. The molecule has 226 valence electrons. The Morgan fingerprint density at radius 3 is 2.64 bits per heavy atom. The predicted octanol–water partition coefficient (Wildman–Crippen LogP) is 2.91. The van der Waals surface area contributed by atoms with Crippen molar-refractivity contribution < 1.29 is 32.6 Å². The Balaban J connectivity index is 1.53. The number of hydrogen-bond donors (Lipinski definition) is 2. The molecule has 2 amide bonds. The molecule has 0 aliphatic carbocycles. The van der Waals surface area contributed by atoms with Gasteiger partial charge in [-0.1, -0.05) is 50.2 Å². The molecule has 42 heavy (non-hydrogen) atoms. The number of carbonyl (C=O) groups excluding carboxylic acids is 2. The fourth-order valence-electron chi connectivity index (χ4n) is 4.63. The number of sulfonamides is 1. The number of rotatable bonds is 14. The van der Waals surface area contributed by atoms with E-state index in [1.165, 1.54) is 39.8 Å². The van der Waals surface area contributed by atoms with Gasteiger partial charge in [0.15, 0.2) is 6.10 Å². The maximum atomic E-state index is 13.7. The molecule has 0 radical (unpaired) electrons. The number of benzene rings is 2. The highest BCUT2D eigenvalue weighted by molar-refractivity contribution is 7.89. The van der Waals surface area contributed by atoms with Gasteiger partial charge in [0, 0.05) is 30.2 Å². The molecular formula is C29H36N4O7S2. The lowest BCUT2D eigenvalue weighted by Gasteiger charge is -2.31. The highest BCUT2D eigenvalue weighted by Gasteiger charge is 2.38. The van der Waals surface area contributed by atoms with Gasteiger partial charge >= 0.3 is 6.09 Å². The lowest BCUT2D eigenvalue weighted by Crippen LogP contribution is -2.53. The lowest BCUT2D eigenvalue weighted by molar-refractivity contribution is -0.129. The number of nitrogens with one attached hydrogen (secondary N) is 1. The van der Waals surface area contributed by atoms with Crippen molar-refractivity contribution in [3.8, 4) is 5.75 Å². The Kier molecular flexibility index (Phi) is 10.5. The molecule has 13 heteroatoms. The van der Waals surface area contributed by atoms with Crippen LogP contribution in [0.3, 0.4) is 0 Å². The number of aromatic nitrogens is 1. The summed E-state index contributed by atoms with van der Waals surface area (Å²) in [7, 11) is -2.56. The van der Waals surface area contributed by atoms with E-state index in [0.29, 0.717) is 5.75 Å². The molecule has 11 nitrogen and oxygen atoms in total. The van der Waals surface area contributed by atoms with Crippen molar-refractivity contribution in [2.45, 2.75) is 50.0 Å². The van der Waals surface area contributed by atoms with Crippen LogP contribution in [0.1, 0.15) is 24.3 Å². The summed E-state index contributed by atoms with van der Waals surface area (Å²) >= 11 is 1.39. The first kappa shape index (κ1) is 31.4. The van der Waals surface area contributed by atoms with Gasteiger partial charge in [0.25, 0.3) is 5.91 Å². The van der Waals surface area contributed by atoms with Crippen LogP contribution in [-0.2, 0) is 32.5 Å². The first-order valence-corrected chi connectivity index (χ1v) is 15.9. The molecule has 0 unspecified atom stereocenters. The van der Waals surface area contributed by atoms with Gasteiger partial charge in [0.05, 0.1) is 42.8 Å². The third kappa shape index (κ3) is 8.06. The third-order valence-electron chi connectivity index (χ3n) is 6.74. The van der Waals surface area contributed by atoms with Crippen LogP contribution in [0.5, 0.6) is 5.75 Å².